The van der Waals surface area contributed by atoms with Gasteiger partial charge >= 0.3 is 0 Å². The predicted octanol–water partition coefficient (Wildman–Crippen LogP) is 4.64. The third-order valence-electron chi connectivity index (χ3n) is 6.85. The Morgan fingerprint density at radius 2 is 1.64 bits per heavy atom. The molecule has 0 aliphatic carbocycles. The molecule has 0 aromatic heterocycles. The molecule has 1 N–H and O–H groups in total. The van der Waals surface area contributed by atoms with Crippen molar-refractivity contribution in [2.45, 2.75) is 39.8 Å². The van der Waals surface area contributed by atoms with Crippen molar-refractivity contribution in [2.24, 2.45) is 5.92 Å². The van der Waals surface area contributed by atoms with E-state index < -0.39 is 28.5 Å². The predicted molar refractivity (Wildman–Crippen MR) is 163 cm³/mol. The Balaban J connectivity index is 1.73. The molecule has 0 radical (unpaired) electrons. The molecule has 2 amide bonds. The SMILES string of the molecule is CCS(=O)(=O)N(CC(=O)N(Cc1ccc(Cl)cc1)[C@@H](Cc1ccccc1)C(=O)NCC(C)C)c1ccc2c(c1)OCO2. The van der Waals surface area contributed by atoms with E-state index >= 15 is 0 Å². The van der Waals surface area contributed by atoms with Gasteiger partial charge in [-0.1, -0.05) is 67.9 Å². The Bertz CT molecular complexity index is 1480. The van der Waals surface area contributed by atoms with E-state index in [-0.39, 0.29) is 43.0 Å². The van der Waals surface area contributed by atoms with Crippen LogP contribution in [0.1, 0.15) is 31.9 Å². The van der Waals surface area contributed by atoms with E-state index in [4.69, 9.17) is 21.1 Å². The molecule has 3 aromatic carbocycles. The number of hydrogen-bond donors (Lipinski definition) is 1. The highest BCUT2D eigenvalue weighted by Crippen LogP contribution is 2.36. The van der Waals surface area contributed by atoms with Gasteiger partial charge in [-0.3, -0.25) is 13.9 Å². The summed E-state index contributed by atoms with van der Waals surface area (Å²) in [6.07, 6.45) is 0.245. The van der Waals surface area contributed by atoms with E-state index in [1.54, 1.807) is 42.5 Å². The first-order valence-corrected chi connectivity index (χ1v) is 15.8. The molecular weight excluding hydrogens is 578 g/mol. The van der Waals surface area contributed by atoms with Gasteiger partial charge in [0.15, 0.2) is 11.5 Å². The number of ether oxygens (including phenoxy) is 2. The molecule has 0 saturated heterocycles. The lowest BCUT2D eigenvalue weighted by Crippen LogP contribution is -2.53. The highest BCUT2D eigenvalue weighted by molar-refractivity contribution is 7.92. The fourth-order valence-electron chi connectivity index (χ4n) is 4.52. The Morgan fingerprint density at radius 1 is 0.952 bits per heavy atom. The van der Waals surface area contributed by atoms with Gasteiger partial charge in [0, 0.05) is 30.6 Å². The molecule has 11 heteroatoms. The first-order valence-electron chi connectivity index (χ1n) is 13.8. The second-order valence-electron chi connectivity index (χ2n) is 10.4. The van der Waals surface area contributed by atoms with Gasteiger partial charge in [-0.25, -0.2) is 8.42 Å². The molecule has 0 unspecified atom stereocenters. The van der Waals surface area contributed by atoms with Gasteiger partial charge in [0.1, 0.15) is 12.6 Å². The lowest BCUT2D eigenvalue weighted by Gasteiger charge is -2.34. The number of amides is 2. The summed E-state index contributed by atoms with van der Waals surface area (Å²) < 4.78 is 38.5. The summed E-state index contributed by atoms with van der Waals surface area (Å²) in [7, 11) is -3.89. The van der Waals surface area contributed by atoms with Gasteiger partial charge in [0.25, 0.3) is 0 Å². The molecule has 0 bridgehead atoms. The fraction of sp³-hybridized carbons (Fsp3) is 0.355. The molecule has 9 nitrogen and oxygen atoms in total. The fourth-order valence-corrected chi connectivity index (χ4v) is 5.70. The number of fused-ring (bicyclic) bond motifs is 1. The molecule has 1 heterocycles. The average Bonchev–Trinajstić information content (AvgIpc) is 3.46. The Morgan fingerprint density at radius 3 is 2.31 bits per heavy atom. The van der Waals surface area contributed by atoms with Crippen molar-refractivity contribution in [3.8, 4) is 11.5 Å². The maximum absolute atomic E-state index is 14.2. The zero-order valence-electron chi connectivity index (χ0n) is 24.0. The number of benzene rings is 3. The number of rotatable bonds is 13. The number of halogens is 1. The maximum atomic E-state index is 14.2. The Kier molecular flexibility index (Phi) is 10.3. The largest absolute Gasteiger partial charge is 0.454 e. The van der Waals surface area contributed by atoms with E-state index in [2.05, 4.69) is 5.32 Å². The van der Waals surface area contributed by atoms with Gasteiger partial charge < -0.3 is 19.7 Å². The van der Waals surface area contributed by atoms with Crippen molar-refractivity contribution in [3.63, 3.8) is 0 Å². The highest BCUT2D eigenvalue weighted by Gasteiger charge is 2.34. The van der Waals surface area contributed by atoms with Crippen molar-refractivity contribution in [3.05, 3.63) is 88.9 Å². The third kappa shape index (κ3) is 7.95. The normalized spacial score (nSPS) is 13.1. The second-order valence-corrected chi connectivity index (χ2v) is 13.1. The van der Waals surface area contributed by atoms with E-state index in [1.165, 1.54) is 11.8 Å². The lowest BCUT2D eigenvalue weighted by atomic mass is 10.0. The molecule has 1 aliphatic rings. The first kappa shape index (κ1) is 31.2. The van der Waals surface area contributed by atoms with Crippen LogP contribution in [0.2, 0.25) is 5.02 Å². The van der Waals surface area contributed by atoms with Crippen LogP contribution in [0.5, 0.6) is 11.5 Å². The Hall–Kier alpha value is -3.76. The number of hydrogen-bond acceptors (Lipinski definition) is 6. The van der Waals surface area contributed by atoms with Crippen molar-refractivity contribution in [2.75, 3.05) is 29.9 Å². The Labute approximate surface area is 252 Å². The third-order valence-corrected chi connectivity index (χ3v) is 8.84. The summed E-state index contributed by atoms with van der Waals surface area (Å²) in [4.78, 5) is 29.4. The summed E-state index contributed by atoms with van der Waals surface area (Å²) in [5.41, 5.74) is 1.88. The van der Waals surface area contributed by atoms with Gasteiger partial charge in [-0.15, -0.1) is 0 Å². The smallest absolute Gasteiger partial charge is 0.244 e. The van der Waals surface area contributed by atoms with Gasteiger partial charge in [-0.2, -0.15) is 0 Å². The molecular formula is C31H36ClN3O6S. The van der Waals surface area contributed by atoms with E-state index in [1.807, 2.05) is 44.2 Å². The van der Waals surface area contributed by atoms with Crippen LogP contribution in [0.4, 0.5) is 5.69 Å². The van der Waals surface area contributed by atoms with Crippen LogP contribution < -0.4 is 19.1 Å². The minimum atomic E-state index is -3.89. The topological polar surface area (TPSA) is 105 Å². The molecule has 42 heavy (non-hydrogen) atoms. The van der Waals surface area contributed by atoms with Crippen LogP contribution in [0.25, 0.3) is 0 Å². The number of anilines is 1. The van der Waals surface area contributed by atoms with Crippen LogP contribution in [0.15, 0.2) is 72.8 Å². The van der Waals surface area contributed by atoms with Crippen LogP contribution in [0.3, 0.4) is 0 Å². The lowest BCUT2D eigenvalue weighted by molar-refractivity contribution is -0.140. The molecule has 3 aromatic rings. The van der Waals surface area contributed by atoms with Gasteiger partial charge in [0.05, 0.1) is 11.4 Å². The van der Waals surface area contributed by atoms with Crippen molar-refractivity contribution in [1.29, 1.82) is 0 Å². The van der Waals surface area contributed by atoms with E-state index in [0.29, 0.717) is 23.1 Å². The summed E-state index contributed by atoms with van der Waals surface area (Å²) in [6.45, 7) is 5.52. The number of carbonyl (C=O) groups excluding carboxylic acids is 2. The highest BCUT2D eigenvalue weighted by atomic mass is 35.5. The number of carbonyl (C=O) groups is 2. The minimum Gasteiger partial charge on any atom is -0.454 e. The van der Waals surface area contributed by atoms with E-state index in [0.717, 1.165) is 15.4 Å². The molecule has 0 saturated carbocycles. The maximum Gasteiger partial charge on any atom is 0.244 e. The van der Waals surface area contributed by atoms with Gasteiger partial charge in [0.2, 0.25) is 28.6 Å². The van der Waals surface area contributed by atoms with Crippen molar-refractivity contribution in [1.82, 2.24) is 10.2 Å². The average molecular weight is 614 g/mol. The second kappa shape index (κ2) is 13.9. The zero-order chi connectivity index (χ0) is 30.3. The van der Waals surface area contributed by atoms with Gasteiger partial charge in [-0.05, 0) is 48.2 Å². The number of nitrogens with one attached hydrogen (secondary N) is 1. The standard InChI is InChI=1S/C31H36ClN3O6S/c1-4-42(38,39)35(26-14-15-28-29(17-26)41-21-40-28)20-30(36)34(19-24-10-12-25(32)13-11-24)27(31(37)33-18-22(2)3)16-23-8-6-5-7-9-23/h5-15,17,22,27H,4,16,18-21H2,1-3H3,(H,33,37)/t27-/m0/s1. The van der Waals surface area contributed by atoms with Crippen LogP contribution >= 0.6 is 11.6 Å². The summed E-state index contributed by atoms with van der Waals surface area (Å²) in [6, 6.07) is 20.3. The molecule has 224 valence electrons. The summed E-state index contributed by atoms with van der Waals surface area (Å²) >= 11 is 6.11. The minimum absolute atomic E-state index is 0.0275. The monoisotopic (exact) mass is 613 g/mol. The first-order chi connectivity index (χ1) is 20.1. The molecule has 1 atom stereocenters. The van der Waals surface area contributed by atoms with E-state index in [9.17, 15) is 18.0 Å². The summed E-state index contributed by atoms with van der Waals surface area (Å²) in [5, 5.41) is 3.51. The van der Waals surface area contributed by atoms with Crippen molar-refractivity contribution < 1.29 is 27.5 Å². The summed E-state index contributed by atoms with van der Waals surface area (Å²) in [5.74, 6) is 0.0113. The zero-order valence-corrected chi connectivity index (χ0v) is 25.5. The van der Waals surface area contributed by atoms with Crippen molar-refractivity contribution >= 4 is 39.1 Å². The van der Waals surface area contributed by atoms with Crippen LogP contribution in [-0.2, 0) is 32.6 Å². The number of sulfonamides is 1. The quantitative estimate of drug-likeness (QED) is 0.301. The van der Waals surface area contributed by atoms with Crippen LogP contribution in [-0.4, -0.2) is 56.8 Å². The molecule has 0 fully saturated rings. The molecule has 0 spiro atoms. The number of nitrogens with zero attached hydrogens (tertiary/aromatic N) is 2. The molecule has 1 aliphatic heterocycles. The van der Waals surface area contributed by atoms with Crippen LogP contribution in [0, 0.1) is 5.92 Å². The molecule has 4 rings (SSSR count).